The molecule has 0 aliphatic rings. The quantitative estimate of drug-likeness (QED) is 0.740. The predicted molar refractivity (Wildman–Crippen MR) is 71.1 cm³/mol. The summed E-state index contributed by atoms with van der Waals surface area (Å²) in [5.74, 6) is -0.636. The minimum absolute atomic E-state index is 0.0377. The standard InChI is InChI=1S/C12H18N2O4S/c1-9(13-2)10-5-4-6-11(7-10)19(16,17)14-8-12(15)18-3/h4-7,9,13-14H,8H2,1-3H3. The Morgan fingerprint density at radius 3 is 2.68 bits per heavy atom. The molecule has 1 aromatic rings. The van der Waals surface area contributed by atoms with Crippen molar-refractivity contribution in [1.82, 2.24) is 10.0 Å². The molecule has 0 saturated heterocycles. The first-order valence-electron chi connectivity index (χ1n) is 5.74. The fraction of sp³-hybridized carbons (Fsp3) is 0.417. The second-order valence-electron chi connectivity index (χ2n) is 3.98. The van der Waals surface area contributed by atoms with E-state index in [4.69, 9.17) is 0 Å². The van der Waals surface area contributed by atoms with E-state index in [1.807, 2.05) is 13.0 Å². The Labute approximate surface area is 113 Å². The summed E-state index contributed by atoms with van der Waals surface area (Å²) < 4.78 is 30.5. The number of methoxy groups -OCH3 is 1. The predicted octanol–water partition coefficient (Wildman–Crippen LogP) is 0.418. The molecule has 106 valence electrons. The number of rotatable bonds is 6. The molecule has 1 rings (SSSR count). The maximum atomic E-state index is 12.0. The molecule has 0 heterocycles. The van der Waals surface area contributed by atoms with Crippen LogP contribution in [0.1, 0.15) is 18.5 Å². The van der Waals surface area contributed by atoms with Gasteiger partial charge in [-0.05, 0) is 31.7 Å². The van der Waals surface area contributed by atoms with Gasteiger partial charge in [-0.1, -0.05) is 12.1 Å². The zero-order valence-corrected chi connectivity index (χ0v) is 12.0. The Balaban J connectivity index is 2.92. The summed E-state index contributed by atoms with van der Waals surface area (Å²) in [6, 6.07) is 6.58. The number of hydrogen-bond donors (Lipinski definition) is 2. The van der Waals surface area contributed by atoms with Crippen LogP contribution in [0.25, 0.3) is 0 Å². The fourth-order valence-corrected chi connectivity index (χ4v) is 2.45. The second-order valence-corrected chi connectivity index (χ2v) is 5.75. The van der Waals surface area contributed by atoms with E-state index in [-0.39, 0.29) is 17.5 Å². The van der Waals surface area contributed by atoms with Gasteiger partial charge in [0.15, 0.2) is 0 Å². The maximum absolute atomic E-state index is 12.0. The van der Waals surface area contributed by atoms with Crippen LogP contribution in [0.5, 0.6) is 0 Å². The summed E-state index contributed by atoms with van der Waals surface area (Å²) in [7, 11) is -0.715. The van der Waals surface area contributed by atoms with Gasteiger partial charge < -0.3 is 10.1 Å². The van der Waals surface area contributed by atoms with Gasteiger partial charge in [0.25, 0.3) is 0 Å². The lowest BCUT2D eigenvalue weighted by Gasteiger charge is -2.12. The van der Waals surface area contributed by atoms with E-state index < -0.39 is 16.0 Å². The molecule has 0 aromatic heterocycles. The number of benzene rings is 1. The van der Waals surface area contributed by atoms with Crippen LogP contribution in [-0.2, 0) is 19.6 Å². The minimum Gasteiger partial charge on any atom is -0.468 e. The van der Waals surface area contributed by atoms with Crippen molar-refractivity contribution in [3.05, 3.63) is 29.8 Å². The Morgan fingerprint density at radius 1 is 1.42 bits per heavy atom. The number of carbonyl (C=O) groups excluding carboxylic acids is 1. The van der Waals surface area contributed by atoms with Crippen molar-refractivity contribution < 1.29 is 17.9 Å². The Hall–Kier alpha value is -1.44. The highest BCUT2D eigenvalue weighted by atomic mass is 32.2. The van der Waals surface area contributed by atoms with Crippen LogP contribution in [-0.4, -0.2) is 35.1 Å². The van der Waals surface area contributed by atoms with Crippen molar-refractivity contribution in [2.24, 2.45) is 0 Å². The smallest absolute Gasteiger partial charge is 0.320 e. The minimum atomic E-state index is -3.71. The highest BCUT2D eigenvalue weighted by Gasteiger charge is 2.16. The van der Waals surface area contributed by atoms with Gasteiger partial charge in [0, 0.05) is 6.04 Å². The van der Waals surface area contributed by atoms with Gasteiger partial charge >= 0.3 is 5.97 Å². The SMILES string of the molecule is CNC(C)c1cccc(S(=O)(=O)NCC(=O)OC)c1. The van der Waals surface area contributed by atoms with Gasteiger partial charge in [-0.3, -0.25) is 4.79 Å². The van der Waals surface area contributed by atoms with Crippen LogP contribution in [0, 0.1) is 0 Å². The second kappa shape index (κ2) is 6.65. The number of carbonyl (C=O) groups is 1. The summed E-state index contributed by atoms with van der Waals surface area (Å²) in [6.07, 6.45) is 0. The molecule has 1 aromatic carbocycles. The van der Waals surface area contributed by atoms with E-state index in [1.54, 1.807) is 19.2 Å². The van der Waals surface area contributed by atoms with Crippen molar-refractivity contribution in [3.63, 3.8) is 0 Å². The molecule has 0 bridgehead atoms. The molecule has 0 radical (unpaired) electrons. The number of sulfonamides is 1. The average molecular weight is 286 g/mol. The van der Waals surface area contributed by atoms with E-state index in [1.165, 1.54) is 13.2 Å². The van der Waals surface area contributed by atoms with Gasteiger partial charge in [-0.25, -0.2) is 8.42 Å². The van der Waals surface area contributed by atoms with Gasteiger partial charge in [-0.2, -0.15) is 4.72 Å². The molecule has 0 spiro atoms. The van der Waals surface area contributed by atoms with Crippen LogP contribution in [0.15, 0.2) is 29.2 Å². The summed E-state index contributed by atoms with van der Waals surface area (Å²) in [5.41, 5.74) is 0.850. The highest BCUT2D eigenvalue weighted by molar-refractivity contribution is 7.89. The number of nitrogens with one attached hydrogen (secondary N) is 2. The van der Waals surface area contributed by atoms with Crippen LogP contribution in [0.3, 0.4) is 0 Å². The van der Waals surface area contributed by atoms with Crippen LogP contribution >= 0.6 is 0 Å². The Kier molecular flexibility index (Phi) is 5.46. The summed E-state index contributed by atoms with van der Waals surface area (Å²) >= 11 is 0. The molecular formula is C12H18N2O4S. The van der Waals surface area contributed by atoms with Crippen molar-refractivity contribution in [1.29, 1.82) is 0 Å². The topological polar surface area (TPSA) is 84.5 Å². The molecule has 0 aliphatic heterocycles. The number of esters is 1. The molecule has 7 heteroatoms. The largest absolute Gasteiger partial charge is 0.468 e. The average Bonchev–Trinajstić information content (AvgIpc) is 2.44. The van der Waals surface area contributed by atoms with E-state index in [9.17, 15) is 13.2 Å². The van der Waals surface area contributed by atoms with E-state index in [0.717, 1.165) is 5.56 Å². The fourth-order valence-electron chi connectivity index (χ4n) is 1.43. The lowest BCUT2D eigenvalue weighted by molar-refractivity contribution is -0.139. The first-order valence-corrected chi connectivity index (χ1v) is 7.22. The highest BCUT2D eigenvalue weighted by Crippen LogP contribution is 2.16. The van der Waals surface area contributed by atoms with Crippen LogP contribution in [0.2, 0.25) is 0 Å². The normalized spacial score (nSPS) is 13.0. The lowest BCUT2D eigenvalue weighted by atomic mass is 10.1. The molecule has 1 unspecified atom stereocenters. The van der Waals surface area contributed by atoms with Crippen molar-refractivity contribution in [3.8, 4) is 0 Å². The molecular weight excluding hydrogens is 268 g/mol. The van der Waals surface area contributed by atoms with E-state index in [2.05, 4.69) is 14.8 Å². The van der Waals surface area contributed by atoms with Gasteiger partial charge in [-0.15, -0.1) is 0 Å². The monoisotopic (exact) mass is 286 g/mol. The summed E-state index contributed by atoms with van der Waals surface area (Å²) in [5, 5.41) is 3.03. The molecule has 0 aliphatic carbocycles. The van der Waals surface area contributed by atoms with Gasteiger partial charge in [0.2, 0.25) is 10.0 Å². The maximum Gasteiger partial charge on any atom is 0.320 e. The third kappa shape index (κ3) is 4.30. The molecule has 1 atom stereocenters. The van der Waals surface area contributed by atoms with Crippen LogP contribution < -0.4 is 10.0 Å². The van der Waals surface area contributed by atoms with Gasteiger partial charge in [0.05, 0.1) is 12.0 Å². The van der Waals surface area contributed by atoms with E-state index >= 15 is 0 Å². The Morgan fingerprint density at radius 2 is 2.11 bits per heavy atom. The summed E-state index contributed by atoms with van der Waals surface area (Å²) in [6.45, 7) is 1.54. The molecule has 0 fully saturated rings. The van der Waals surface area contributed by atoms with Gasteiger partial charge in [0.1, 0.15) is 6.54 Å². The van der Waals surface area contributed by atoms with Crippen LogP contribution in [0.4, 0.5) is 0 Å². The Bertz CT molecular complexity index is 542. The van der Waals surface area contributed by atoms with E-state index in [0.29, 0.717) is 0 Å². The molecule has 6 nitrogen and oxygen atoms in total. The molecule has 2 N–H and O–H groups in total. The number of hydrogen-bond acceptors (Lipinski definition) is 5. The molecule has 0 saturated carbocycles. The summed E-state index contributed by atoms with van der Waals surface area (Å²) in [4.78, 5) is 11.1. The van der Waals surface area contributed by atoms with Crippen molar-refractivity contribution in [2.75, 3.05) is 20.7 Å². The first kappa shape index (κ1) is 15.6. The first-order chi connectivity index (χ1) is 8.90. The zero-order chi connectivity index (χ0) is 14.5. The third-order valence-corrected chi connectivity index (χ3v) is 4.13. The van der Waals surface area contributed by atoms with Crippen molar-refractivity contribution in [2.45, 2.75) is 17.9 Å². The number of ether oxygens (including phenoxy) is 1. The third-order valence-electron chi connectivity index (χ3n) is 2.74. The molecule has 19 heavy (non-hydrogen) atoms. The van der Waals surface area contributed by atoms with Crippen molar-refractivity contribution >= 4 is 16.0 Å². The lowest BCUT2D eigenvalue weighted by Crippen LogP contribution is -2.30. The zero-order valence-electron chi connectivity index (χ0n) is 11.1. The molecule has 0 amide bonds.